The number of amides is 1. The van der Waals surface area contributed by atoms with Gasteiger partial charge in [0.1, 0.15) is 23.5 Å². The number of hydrogen-bond acceptors (Lipinski definition) is 7. The van der Waals surface area contributed by atoms with Crippen molar-refractivity contribution in [3.05, 3.63) is 39.7 Å². The number of aromatic hydroxyl groups is 1. The van der Waals surface area contributed by atoms with Crippen LogP contribution >= 0.6 is 0 Å². The summed E-state index contributed by atoms with van der Waals surface area (Å²) in [5.41, 5.74) is -0.0711. The monoisotopic (exact) mass is 377 g/mol. The average molecular weight is 377 g/mol. The number of esters is 1. The summed E-state index contributed by atoms with van der Waals surface area (Å²) in [7, 11) is 0. The topological polar surface area (TPSA) is 115 Å². The first-order chi connectivity index (χ1) is 12.6. The van der Waals surface area contributed by atoms with Crippen molar-refractivity contribution in [3.63, 3.8) is 0 Å². The van der Waals surface area contributed by atoms with Crippen LogP contribution in [0, 0.1) is 6.92 Å². The lowest BCUT2D eigenvalue weighted by atomic mass is 10.1. The SMILES string of the molecule is Cc1c(O)ccc2c(COC(=O)CCNC(=O)OC(C)(C)C)cc(=O)oc12. The van der Waals surface area contributed by atoms with Crippen LogP contribution in [0.4, 0.5) is 4.79 Å². The molecular weight excluding hydrogens is 354 g/mol. The average Bonchev–Trinajstić information content (AvgIpc) is 2.54. The molecule has 0 unspecified atom stereocenters. The number of aryl methyl sites for hydroxylation is 1. The molecule has 1 aromatic heterocycles. The van der Waals surface area contributed by atoms with E-state index in [1.807, 2.05) is 0 Å². The minimum atomic E-state index is -0.618. The second-order valence-corrected chi connectivity index (χ2v) is 7.02. The Labute approximate surface area is 156 Å². The number of alkyl carbamates (subject to hydrolysis) is 1. The maximum atomic E-state index is 11.9. The second-order valence-electron chi connectivity index (χ2n) is 7.02. The molecule has 2 aromatic rings. The molecule has 27 heavy (non-hydrogen) atoms. The fourth-order valence-electron chi connectivity index (χ4n) is 2.35. The van der Waals surface area contributed by atoms with Gasteiger partial charge in [0.05, 0.1) is 6.42 Å². The molecule has 0 radical (unpaired) electrons. The molecule has 8 heteroatoms. The normalized spacial score (nSPS) is 11.3. The van der Waals surface area contributed by atoms with Gasteiger partial charge in [0.2, 0.25) is 0 Å². The summed E-state index contributed by atoms with van der Waals surface area (Å²) < 4.78 is 15.4. The number of fused-ring (bicyclic) bond motifs is 1. The summed E-state index contributed by atoms with van der Waals surface area (Å²) in [6, 6.07) is 4.31. The Morgan fingerprint density at radius 3 is 2.63 bits per heavy atom. The molecule has 0 aliphatic heterocycles. The van der Waals surface area contributed by atoms with E-state index in [1.54, 1.807) is 33.8 Å². The number of rotatable bonds is 5. The quantitative estimate of drug-likeness (QED) is 0.608. The lowest BCUT2D eigenvalue weighted by molar-refractivity contribution is -0.144. The predicted molar refractivity (Wildman–Crippen MR) is 97.5 cm³/mol. The highest BCUT2D eigenvalue weighted by molar-refractivity contribution is 5.85. The van der Waals surface area contributed by atoms with Gasteiger partial charge in [-0.2, -0.15) is 0 Å². The molecule has 0 bridgehead atoms. The molecule has 1 heterocycles. The second kappa shape index (κ2) is 8.11. The van der Waals surface area contributed by atoms with Crippen molar-refractivity contribution in [2.75, 3.05) is 6.54 Å². The maximum absolute atomic E-state index is 11.9. The van der Waals surface area contributed by atoms with Crippen molar-refractivity contribution in [1.82, 2.24) is 5.32 Å². The van der Waals surface area contributed by atoms with E-state index in [0.717, 1.165) is 0 Å². The Kier molecular flexibility index (Phi) is 6.09. The van der Waals surface area contributed by atoms with Crippen molar-refractivity contribution in [3.8, 4) is 5.75 Å². The molecule has 8 nitrogen and oxygen atoms in total. The Hall–Kier alpha value is -3.03. The first kappa shape index (κ1) is 20.3. The van der Waals surface area contributed by atoms with E-state index < -0.39 is 23.3 Å². The summed E-state index contributed by atoms with van der Waals surface area (Å²) in [4.78, 5) is 35.1. The summed E-state index contributed by atoms with van der Waals surface area (Å²) in [5, 5.41) is 12.8. The minimum Gasteiger partial charge on any atom is -0.508 e. The summed E-state index contributed by atoms with van der Waals surface area (Å²) in [6.45, 7) is 6.78. The van der Waals surface area contributed by atoms with Crippen LogP contribution in [0.5, 0.6) is 5.75 Å². The molecule has 0 spiro atoms. The van der Waals surface area contributed by atoms with E-state index in [2.05, 4.69) is 5.32 Å². The molecule has 1 amide bonds. The zero-order valence-electron chi connectivity index (χ0n) is 15.8. The van der Waals surface area contributed by atoms with Gasteiger partial charge in [-0.05, 0) is 39.8 Å². The van der Waals surface area contributed by atoms with E-state index in [4.69, 9.17) is 13.9 Å². The molecule has 2 rings (SSSR count). The lowest BCUT2D eigenvalue weighted by Gasteiger charge is -2.19. The van der Waals surface area contributed by atoms with Crippen LogP contribution < -0.4 is 10.9 Å². The van der Waals surface area contributed by atoms with Gasteiger partial charge in [0, 0.05) is 29.1 Å². The molecule has 2 N–H and O–H groups in total. The van der Waals surface area contributed by atoms with Crippen LogP contribution in [0.1, 0.15) is 38.3 Å². The van der Waals surface area contributed by atoms with Gasteiger partial charge >= 0.3 is 17.7 Å². The van der Waals surface area contributed by atoms with Crippen molar-refractivity contribution < 1.29 is 28.6 Å². The third-order valence-electron chi connectivity index (χ3n) is 3.60. The molecule has 0 fully saturated rings. The Balaban J connectivity index is 1.95. The number of benzene rings is 1. The summed E-state index contributed by atoms with van der Waals surface area (Å²) >= 11 is 0. The number of phenols is 1. The van der Waals surface area contributed by atoms with Crippen LogP contribution in [-0.4, -0.2) is 29.3 Å². The Morgan fingerprint density at radius 1 is 1.26 bits per heavy atom. The van der Waals surface area contributed by atoms with Gasteiger partial charge in [-0.1, -0.05) is 0 Å². The molecule has 0 saturated carbocycles. The number of ether oxygens (including phenoxy) is 2. The lowest BCUT2D eigenvalue weighted by Crippen LogP contribution is -2.33. The van der Waals surface area contributed by atoms with E-state index in [1.165, 1.54) is 12.1 Å². The number of carbonyl (C=O) groups is 2. The van der Waals surface area contributed by atoms with E-state index >= 15 is 0 Å². The third-order valence-corrected chi connectivity index (χ3v) is 3.60. The molecular formula is C19H23NO7. The highest BCUT2D eigenvalue weighted by atomic mass is 16.6. The van der Waals surface area contributed by atoms with Gasteiger partial charge in [0.15, 0.2) is 0 Å². The minimum absolute atomic E-state index is 0.00742. The van der Waals surface area contributed by atoms with Crippen molar-refractivity contribution in [1.29, 1.82) is 0 Å². The standard InChI is InChI=1S/C19H23NO7/c1-11-14(21)6-5-13-12(9-16(23)26-17(11)13)10-25-15(22)7-8-20-18(24)27-19(2,3)4/h5-6,9,21H,7-8,10H2,1-4H3,(H,20,24). The molecule has 0 aliphatic carbocycles. The Bertz CT molecular complexity index is 909. The highest BCUT2D eigenvalue weighted by Crippen LogP contribution is 2.27. The Morgan fingerprint density at radius 2 is 1.96 bits per heavy atom. The first-order valence-corrected chi connectivity index (χ1v) is 8.44. The predicted octanol–water partition coefficient (Wildman–Crippen LogP) is 2.77. The number of phenolic OH excluding ortho intramolecular Hbond substituents is 1. The zero-order valence-corrected chi connectivity index (χ0v) is 15.8. The van der Waals surface area contributed by atoms with Gasteiger partial charge in [-0.15, -0.1) is 0 Å². The number of hydrogen-bond donors (Lipinski definition) is 2. The smallest absolute Gasteiger partial charge is 0.407 e. The maximum Gasteiger partial charge on any atom is 0.407 e. The number of carbonyl (C=O) groups excluding carboxylic acids is 2. The zero-order chi connectivity index (χ0) is 20.2. The first-order valence-electron chi connectivity index (χ1n) is 8.44. The van der Waals surface area contributed by atoms with Crippen LogP contribution in [0.2, 0.25) is 0 Å². The van der Waals surface area contributed by atoms with Crippen LogP contribution in [0.25, 0.3) is 11.0 Å². The molecule has 0 aliphatic rings. The van der Waals surface area contributed by atoms with Gasteiger partial charge < -0.3 is 24.3 Å². The van der Waals surface area contributed by atoms with Crippen molar-refractivity contribution in [2.45, 2.75) is 46.3 Å². The van der Waals surface area contributed by atoms with E-state index in [0.29, 0.717) is 16.5 Å². The number of nitrogens with one attached hydrogen (secondary N) is 1. The van der Waals surface area contributed by atoms with E-state index in [9.17, 15) is 19.5 Å². The fraction of sp³-hybridized carbons (Fsp3) is 0.421. The summed E-state index contributed by atoms with van der Waals surface area (Å²) in [5.74, 6) is -0.532. The van der Waals surface area contributed by atoms with Gasteiger partial charge in [-0.3, -0.25) is 4.79 Å². The van der Waals surface area contributed by atoms with Crippen LogP contribution in [0.15, 0.2) is 27.4 Å². The molecule has 1 aromatic carbocycles. The molecule has 0 atom stereocenters. The van der Waals surface area contributed by atoms with Gasteiger partial charge in [0.25, 0.3) is 0 Å². The van der Waals surface area contributed by atoms with Crippen LogP contribution in [-0.2, 0) is 20.9 Å². The molecule has 0 saturated heterocycles. The molecule has 146 valence electrons. The van der Waals surface area contributed by atoms with E-state index in [-0.39, 0.29) is 30.9 Å². The largest absolute Gasteiger partial charge is 0.508 e. The van der Waals surface area contributed by atoms with Crippen LogP contribution in [0.3, 0.4) is 0 Å². The third kappa shape index (κ3) is 5.73. The fourth-order valence-corrected chi connectivity index (χ4v) is 2.35. The summed E-state index contributed by atoms with van der Waals surface area (Å²) in [6.07, 6.45) is -0.657. The van der Waals surface area contributed by atoms with Crippen molar-refractivity contribution >= 4 is 23.0 Å². The van der Waals surface area contributed by atoms with Gasteiger partial charge in [-0.25, -0.2) is 9.59 Å². The van der Waals surface area contributed by atoms with Crippen molar-refractivity contribution in [2.24, 2.45) is 0 Å². The highest BCUT2D eigenvalue weighted by Gasteiger charge is 2.16.